The zero-order chi connectivity index (χ0) is 7.28. The monoisotopic (exact) mass is 131 g/mol. The molecule has 0 aromatic heterocycles. The van der Waals surface area contributed by atoms with Crippen LogP contribution < -0.4 is 0 Å². The van der Waals surface area contributed by atoms with Crippen molar-refractivity contribution in [2.24, 2.45) is 5.16 Å². The van der Waals surface area contributed by atoms with Crippen molar-refractivity contribution < 1.29 is 10.3 Å². The van der Waals surface area contributed by atoms with Gasteiger partial charge in [0.15, 0.2) is 0 Å². The molecule has 0 saturated carbocycles. The second kappa shape index (κ2) is 4.32. The van der Waals surface area contributed by atoms with E-state index in [1.807, 2.05) is 13.8 Å². The summed E-state index contributed by atoms with van der Waals surface area (Å²) in [7, 11) is 0. The maximum Gasteiger partial charge on any atom is 0.0951 e. The van der Waals surface area contributed by atoms with Gasteiger partial charge < -0.3 is 10.3 Å². The molecule has 3 heteroatoms. The Morgan fingerprint density at radius 3 is 2.22 bits per heavy atom. The minimum atomic E-state index is -0.569. The Hall–Kier alpha value is -0.570. The molecule has 2 N–H and O–H groups in total. The van der Waals surface area contributed by atoms with Crippen LogP contribution in [-0.2, 0) is 0 Å². The Balaban J connectivity index is 3.80. The highest BCUT2D eigenvalue weighted by Gasteiger charge is 2.06. The number of rotatable bonds is 3. The molecule has 0 spiro atoms. The lowest BCUT2D eigenvalue weighted by Crippen LogP contribution is -2.18. The normalized spacial score (nSPS) is 15.7. The minimum absolute atomic E-state index is 0.456. The molecule has 0 amide bonds. The third kappa shape index (κ3) is 2.46. The van der Waals surface area contributed by atoms with E-state index in [9.17, 15) is 0 Å². The highest BCUT2D eigenvalue weighted by molar-refractivity contribution is 5.87. The van der Waals surface area contributed by atoms with Gasteiger partial charge in [0.2, 0.25) is 0 Å². The van der Waals surface area contributed by atoms with Crippen LogP contribution in [0.15, 0.2) is 5.16 Å². The highest BCUT2D eigenvalue weighted by atomic mass is 16.4. The molecule has 0 bridgehead atoms. The fourth-order valence-corrected chi connectivity index (χ4v) is 0.609. The Labute approximate surface area is 55.0 Å². The first kappa shape index (κ1) is 8.43. The summed E-state index contributed by atoms with van der Waals surface area (Å²) in [6.45, 7) is 3.68. The lowest BCUT2D eigenvalue weighted by molar-refractivity contribution is 0.223. The summed E-state index contributed by atoms with van der Waals surface area (Å²) in [6, 6.07) is 0. The van der Waals surface area contributed by atoms with Crippen molar-refractivity contribution in [1.82, 2.24) is 0 Å². The van der Waals surface area contributed by atoms with Crippen LogP contribution in [0.3, 0.4) is 0 Å². The van der Waals surface area contributed by atoms with Gasteiger partial charge in [0.1, 0.15) is 0 Å². The fourth-order valence-electron chi connectivity index (χ4n) is 0.609. The van der Waals surface area contributed by atoms with Gasteiger partial charge >= 0.3 is 0 Å². The molecule has 0 aliphatic carbocycles. The molecule has 0 fully saturated rings. The minimum Gasteiger partial charge on any atom is -0.411 e. The van der Waals surface area contributed by atoms with Crippen molar-refractivity contribution in [2.45, 2.75) is 32.8 Å². The van der Waals surface area contributed by atoms with Gasteiger partial charge in [0, 0.05) is 0 Å². The van der Waals surface area contributed by atoms with E-state index in [0.29, 0.717) is 18.6 Å². The van der Waals surface area contributed by atoms with E-state index < -0.39 is 6.10 Å². The van der Waals surface area contributed by atoms with Crippen LogP contribution in [0.2, 0.25) is 0 Å². The molecule has 1 unspecified atom stereocenters. The second-order valence-electron chi connectivity index (χ2n) is 1.87. The molecule has 0 aliphatic rings. The van der Waals surface area contributed by atoms with Crippen molar-refractivity contribution >= 4 is 5.71 Å². The van der Waals surface area contributed by atoms with Gasteiger partial charge in [0.25, 0.3) is 0 Å². The smallest absolute Gasteiger partial charge is 0.0951 e. The van der Waals surface area contributed by atoms with Gasteiger partial charge in [-0.2, -0.15) is 0 Å². The fraction of sp³-hybridized carbons (Fsp3) is 0.833. The third-order valence-electron chi connectivity index (χ3n) is 1.26. The Bertz CT molecular complexity index is 101. The molecule has 3 nitrogen and oxygen atoms in total. The molecule has 1 atom stereocenters. The molecule has 9 heavy (non-hydrogen) atoms. The van der Waals surface area contributed by atoms with Crippen molar-refractivity contribution in [3.63, 3.8) is 0 Å². The molecule has 0 aromatic carbocycles. The van der Waals surface area contributed by atoms with E-state index in [2.05, 4.69) is 5.16 Å². The van der Waals surface area contributed by atoms with Crippen molar-refractivity contribution in [3.05, 3.63) is 0 Å². The number of hydrogen-bond donors (Lipinski definition) is 2. The van der Waals surface area contributed by atoms with E-state index in [-0.39, 0.29) is 0 Å². The summed E-state index contributed by atoms with van der Waals surface area (Å²) in [5, 5.41) is 20.2. The van der Waals surface area contributed by atoms with Gasteiger partial charge in [-0.3, -0.25) is 0 Å². The van der Waals surface area contributed by atoms with Crippen LogP contribution in [0.25, 0.3) is 0 Å². The van der Waals surface area contributed by atoms with Gasteiger partial charge in [-0.1, -0.05) is 19.0 Å². The molecular weight excluding hydrogens is 118 g/mol. The van der Waals surface area contributed by atoms with Crippen LogP contribution in [0.5, 0.6) is 0 Å². The zero-order valence-corrected chi connectivity index (χ0v) is 5.83. The predicted octanol–water partition coefficient (Wildman–Crippen LogP) is 0.998. The van der Waals surface area contributed by atoms with Crippen LogP contribution >= 0.6 is 0 Å². The van der Waals surface area contributed by atoms with Crippen LogP contribution in [0, 0.1) is 0 Å². The van der Waals surface area contributed by atoms with Crippen LogP contribution in [0.1, 0.15) is 26.7 Å². The summed E-state index contributed by atoms with van der Waals surface area (Å²) < 4.78 is 0. The molecule has 0 aromatic rings. The summed E-state index contributed by atoms with van der Waals surface area (Å²) in [6.07, 6.45) is 0.638. The first-order chi connectivity index (χ1) is 4.26. The average Bonchev–Trinajstić information content (AvgIpc) is 1.90. The first-order valence-electron chi connectivity index (χ1n) is 3.15. The number of oxime groups is 1. The van der Waals surface area contributed by atoms with Gasteiger partial charge in [-0.25, -0.2) is 0 Å². The molecule has 54 valence electrons. The second-order valence-corrected chi connectivity index (χ2v) is 1.87. The molecule has 0 rings (SSSR count). The maximum atomic E-state index is 9.03. The van der Waals surface area contributed by atoms with E-state index >= 15 is 0 Å². The van der Waals surface area contributed by atoms with Gasteiger partial charge in [-0.15, -0.1) is 0 Å². The van der Waals surface area contributed by atoms with E-state index in [0.717, 1.165) is 0 Å². The molecule has 0 heterocycles. The topological polar surface area (TPSA) is 52.8 Å². The molecule has 0 saturated heterocycles. The van der Waals surface area contributed by atoms with Crippen molar-refractivity contribution in [3.8, 4) is 0 Å². The lowest BCUT2D eigenvalue weighted by atomic mass is 10.1. The number of hydrogen-bond acceptors (Lipinski definition) is 3. The Kier molecular flexibility index (Phi) is 4.05. The standard InChI is InChI=1S/C6H13NO2/c1-3-5(7-9)6(8)4-2/h6,8-9H,3-4H2,1-2H3/b7-5+. The van der Waals surface area contributed by atoms with E-state index in [1.54, 1.807) is 0 Å². The Morgan fingerprint density at radius 2 is 2.11 bits per heavy atom. The van der Waals surface area contributed by atoms with Crippen molar-refractivity contribution in [2.75, 3.05) is 0 Å². The van der Waals surface area contributed by atoms with E-state index in [4.69, 9.17) is 10.3 Å². The first-order valence-corrected chi connectivity index (χ1v) is 3.15. The largest absolute Gasteiger partial charge is 0.411 e. The molecular formula is C6H13NO2. The van der Waals surface area contributed by atoms with Crippen LogP contribution in [-0.4, -0.2) is 22.1 Å². The average molecular weight is 131 g/mol. The summed E-state index contributed by atoms with van der Waals surface area (Å²) in [4.78, 5) is 0. The predicted molar refractivity (Wildman–Crippen MR) is 35.8 cm³/mol. The number of aliphatic hydroxyl groups excluding tert-OH is 1. The highest BCUT2D eigenvalue weighted by Crippen LogP contribution is 1.97. The lowest BCUT2D eigenvalue weighted by Gasteiger charge is -2.05. The van der Waals surface area contributed by atoms with Gasteiger partial charge in [0.05, 0.1) is 11.8 Å². The summed E-state index contributed by atoms with van der Waals surface area (Å²) in [5.41, 5.74) is 0.456. The van der Waals surface area contributed by atoms with Gasteiger partial charge in [-0.05, 0) is 12.8 Å². The number of nitrogens with zero attached hydrogens (tertiary/aromatic N) is 1. The molecule has 0 aliphatic heterocycles. The van der Waals surface area contributed by atoms with Crippen LogP contribution in [0.4, 0.5) is 0 Å². The third-order valence-corrected chi connectivity index (χ3v) is 1.26. The zero-order valence-electron chi connectivity index (χ0n) is 5.83. The number of aliphatic hydroxyl groups is 1. The molecule has 0 radical (unpaired) electrons. The maximum absolute atomic E-state index is 9.03. The summed E-state index contributed by atoms with van der Waals surface area (Å²) in [5.74, 6) is 0. The van der Waals surface area contributed by atoms with Crippen molar-refractivity contribution in [1.29, 1.82) is 0 Å². The SMILES string of the molecule is CC/C(=N\O)C(O)CC. The summed E-state index contributed by atoms with van der Waals surface area (Å²) >= 11 is 0. The Morgan fingerprint density at radius 1 is 1.56 bits per heavy atom. The van der Waals surface area contributed by atoms with E-state index in [1.165, 1.54) is 0 Å². The quantitative estimate of drug-likeness (QED) is 0.341.